The normalized spacial score (nSPS) is 23.8. The van der Waals surface area contributed by atoms with Gasteiger partial charge in [-0.05, 0) is 49.1 Å². The first-order valence-corrected chi connectivity index (χ1v) is 10.9. The van der Waals surface area contributed by atoms with E-state index in [0.29, 0.717) is 19.4 Å². The summed E-state index contributed by atoms with van der Waals surface area (Å²) in [7, 11) is 0. The van der Waals surface area contributed by atoms with Crippen molar-refractivity contribution < 1.29 is 14.4 Å². The molecule has 3 heterocycles. The minimum absolute atomic E-state index is 0.0928. The molecular formula is C20H27N3O3S. The Morgan fingerprint density at radius 1 is 1.33 bits per heavy atom. The fraction of sp³-hybridized carbons (Fsp3) is 0.650. The van der Waals surface area contributed by atoms with Crippen molar-refractivity contribution in [1.29, 1.82) is 0 Å². The number of urea groups is 1. The van der Waals surface area contributed by atoms with E-state index in [1.807, 2.05) is 4.90 Å². The van der Waals surface area contributed by atoms with Gasteiger partial charge in [-0.3, -0.25) is 14.5 Å². The Bertz CT molecular complexity index is 753. The van der Waals surface area contributed by atoms with Gasteiger partial charge in [0.2, 0.25) is 5.91 Å². The molecule has 1 N–H and O–H groups in total. The molecule has 7 heteroatoms. The summed E-state index contributed by atoms with van der Waals surface area (Å²) in [5.41, 5.74) is 0.635. The average Bonchev–Trinajstić information content (AvgIpc) is 3.37. The quantitative estimate of drug-likeness (QED) is 0.786. The lowest BCUT2D eigenvalue weighted by molar-refractivity contribution is -0.135. The Kier molecular flexibility index (Phi) is 4.97. The summed E-state index contributed by atoms with van der Waals surface area (Å²) in [5.74, 6) is 0.0334. The second kappa shape index (κ2) is 7.26. The van der Waals surface area contributed by atoms with E-state index in [2.05, 4.69) is 23.7 Å². The van der Waals surface area contributed by atoms with Gasteiger partial charge in [0.1, 0.15) is 5.54 Å². The standard InChI is InChI=1S/C20H27N3O3S/c1-2-15-14-8-13-27-16(14)7-12-22(15)17(24)6-5-11-23-18(25)20(21-19(23)26)9-3-4-10-20/h8,13,15H,2-7,9-12H2,1H3,(H,21,26). The summed E-state index contributed by atoms with van der Waals surface area (Å²) >= 11 is 1.78. The summed E-state index contributed by atoms with van der Waals surface area (Å²) in [6.07, 6.45) is 6.17. The molecule has 2 fully saturated rings. The number of rotatable bonds is 5. The maximum absolute atomic E-state index is 12.8. The highest BCUT2D eigenvalue weighted by molar-refractivity contribution is 7.10. The van der Waals surface area contributed by atoms with Crippen LogP contribution in [0.1, 0.15) is 68.4 Å². The van der Waals surface area contributed by atoms with Crippen LogP contribution in [0.2, 0.25) is 0 Å². The van der Waals surface area contributed by atoms with Crippen LogP contribution in [0.4, 0.5) is 4.79 Å². The van der Waals surface area contributed by atoms with Gasteiger partial charge in [0.15, 0.2) is 0 Å². The molecule has 1 saturated carbocycles. The van der Waals surface area contributed by atoms with Crippen LogP contribution in [-0.2, 0) is 16.0 Å². The SMILES string of the molecule is CCC1c2ccsc2CCN1C(=O)CCCN1C(=O)NC2(CCCC2)C1=O. The molecular weight excluding hydrogens is 362 g/mol. The van der Waals surface area contributed by atoms with Crippen LogP contribution in [0.3, 0.4) is 0 Å². The number of nitrogens with zero attached hydrogens (tertiary/aromatic N) is 2. The molecule has 0 radical (unpaired) electrons. The number of hydrogen-bond donors (Lipinski definition) is 1. The van der Waals surface area contributed by atoms with Crippen LogP contribution >= 0.6 is 11.3 Å². The van der Waals surface area contributed by atoms with Gasteiger partial charge in [-0.2, -0.15) is 0 Å². The van der Waals surface area contributed by atoms with Crippen LogP contribution < -0.4 is 5.32 Å². The summed E-state index contributed by atoms with van der Waals surface area (Å²) < 4.78 is 0. The molecule has 4 rings (SSSR count). The number of fused-ring (bicyclic) bond motifs is 1. The fourth-order valence-electron chi connectivity index (χ4n) is 4.86. The van der Waals surface area contributed by atoms with Crippen molar-refractivity contribution in [2.24, 2.45) is 0 Å². The third kappa shape index (κ3) is 3.16. The lowest BCUT2D eigenvalue weighted by Gasteiger charge is -2.35. The molecule has 1 unspecified atom stereocenters. The molecule has 0 bridgehead atoms. The maximum Gasteiger partial charge on any atom is 0.325 e. The van der Waals surface area contributed by atoms with Gasteiger partial charge in [0, 0.05) is 24.4 Å². The summed E-state index contributed by atoms with van der Waals surface area (Å²) in [6.45, 7) is 3.20. The largest absolute Gasteiger partial charge is 0.335 e. The van der Waals surface area contributed by atoms with Crippen molar-refractivity contribution in [2.75, 3.05) is 13.1 Å². The Hall–Kier alpha value is -1.89. The number of thiophene rings is 1. The Morgan fingerprint density at radius 3 is 2.85 bits per heavy atom. The third-order valence-corrected chi connectivity index (χ3v) is 7.27. The van der Waals surface area contributed by atoms with E-state index < -0.39 is 5.54 Å². The first-order valence-electron chi connectivity index (χ1n) is 10.1. The molecule has 146 valence electrons. The molecule has 0 aromatic carbocycles. The Labute approximate surface area is 163 Å². The molecule has 1 saturated heterocycles. The van der Waals surface area contributed by atoms with Gasteiger partial charge < -0.3 is 10.2 Å². The van der Waals surface area contributed by atoms with Gasteiger partial charge in [0.25, 0.3) is 5.91 Å². The third-order valence-electron chi connectivity index (χ3n) is 6.28. The lowest BCUT2D eigenvalue weighted by Crippen LogP contribution is -2.44. The van der Waals surface area contributed by atoms with Crippen LogP contribution in [0.5, 0.6) is 0 Å². The zero-order valence-corrected chi connectivity index (χ0v) is 16.6. The molecule has 2 aliphatic heterocycles. The van der Waals surface area contributed by atoms with Crippen molar-refractivity contribution in [1.82, 2.24) is 15.1 Å². The number of amides is 4. The molecule has 27 heavy (non-hydrogen) atoms. The minimum Gasteiger partial charge on any atom is -0.335 e. The van der Waals surface area contributed by atoms with E-state index in [1.54, 1.807) is 11.3 Å². The molecule has 1 aromatic heterocycles. The van der Waals surface area contributed by atoms with E-state index in [1.165, 1.54) is 15.3 Å². The second-order valence-corrected chi connectivity index (χ2v) is 8.84. The van der Waals surface area contributed by atoms with Gasteiger partial charge in [-0.1, -0.05) is 19.8 Å². The fourth-order valence-corrected chi connectivity index (χ4v) is 5.79. The highest BCUT2D eigenvalue weighted by Gasteiger charge is 2.52. The van der Waals surface area contributed by atoms with E-state index in [9.17, 15) is 14.4 Å². The molecule has 4 amide bonds. The number of hydrogen-bond acceptors (Lipinski definition) is 4. The molecule has 3 aliphatic rings. The predicted octanol–water partition coefficient (Wildman–Crippen LogP) is 3.23. The number of imide groups is 1. The van der Waals surface area contributed by atoms with Crippen molar-refractivity contribution >= 4 is 29.2 Å². The van der Waals surface area contributed by atoms with E-state index in [-0.39, 0.29) is 23.9 Å². The summed E-state index contributed by atoms with van der Waals surface area (Å²) in [4.78, 5) is 42.4. The first kappa shape index (κ1) is 18.5. The van der Waals surface area contributed by atoms with Crippen molar-refractivity contribution in [3.8, 4) is 0 Å². The monoisotopic (exact) mass is 389 g/mol. The first-order chi connectivity index (χ1) is 13.1. The van der Waals surface area contributed by atoms with Crippen LogP contribution in [0.25, 0.3) is 0 Å². The molecule has 6 nitrogen and oxygen atoms in total. The van der Waals surface area contributed by atoms with Crippen molar-refractivity contribution in [3.05, 3.63) is 21.9 Å². The molecule has 1 atom stereocenters. The number of carbonyl (C=O) groups excluding carboxylic acids is 3. The van der Waals surface area contributed by atoms with Gasteiger partial charge in [0.05, 0.1) is 6.04 Å². The number of nitrogens with one attached hydrogen (secondary N) is 1. The predicted molar refractivity (Wildman–Crippen MR) is 103 cm³/mol. The highest BCUT2D eigenvalue weighted by atomic mass is 32.1. The molecule has 1 spiro atoms. The number of carbonyl (C=O) groups is 3. The average molecular weight is 390 g/mol. The zero-order valence-electron chi connectivity index (χ0n) is 15.8. The van der Waals surface area contributed by atoms with E-state index in [4.69, 9.17) is 0 Å². The van der Waals surface area contributed by atoms with Crippen molar-refractivity contribution in [2.45, 2.75) is 69.9 Å². The molecule has 1 aliphatic carbocycles. The Morgan fingerprint density at radius 2 is 2.11 bits per heavy atom. The van der Waals surface area contributed by atoms with Crippen LogP contribution in [-0.4, -0.2) is 46.3 Å². The van der Waals surface area contributed by atoms with Crippen molar-refractivity contribution in [3.63, 3.8) is 0 Å². The zero-order chi connectivity index (χ0) is 19.0. The summed E-state index contributed by atoms with van der Waals surface area (Å²) in [6, 6.07) is 2.01. The summed E-state index contributed by atoms with van der Waals surface area (Å²) in [5, 5.41) is 5.01. The minimum atomic E-state index is -0.656. The lowest BCUT2D eigenvalue weighted by atomic mass is 9.97. The maximum atomic E-state index is 12.8. The van der Waals surface area contributed by atoms with Gasteiger partial charge >= 0.3 is 6.03 Å². The van der Waals surface area contributed by atoms with Gasteiger partial charge in [-0.15, -0.1) is 11.3 Å². The topological polar surface area (TPSA) is 69.7 Å². The van der Waals surface area contributed by atoms with E-state index >= 15 is 0 Å². The van der Waals surface area contributed by atoms with E-state index in [0.717, 1.165) is 45.1 Å². The van der Waals surface area contributed by atoms with Gasteiger partial charge in [-0.25, -0.2) is 4.79 Å². The van der Waals surface area contributed by atoms with Crippen LogP contribution in [0.15, 0.2) is 11.4 Å². The highest BCUT2D eigenvalue weighted by Crippen LogP contribution is 2.36. The Balaban J connectivity index is 1.34. The second-order valence-electron chi connectivity index (χ2n) is 7.84. The molecule has 1 aromatic rings. The smallest absolute Gasteiger partial charge is 0.325 e. The van der Waals surface area contributed by atoms with Crippen LogP contribution in [0, 0.1) is 0 Å².